The molecule has 4 rings (SSSR count). The first kappa shape index (κ1) is 26.3. The number of aromatic amines is 1. The van der Waals surface area contributed by atoms with Crippen molar-refractivity contribution in [3.8, 4) is 5.75 Å². The number of benzene rings is 1. The molecule has 2 N–H and O–H groups in total. The summed E-state index contributed by atoms with van der Waals surface area (Å²) >= 11 is 0. The van der Waals surface area contributed by atoms with Crippen molar-refractivity contribution in [2.75, 3.05) is 0 Å². The first-order valence-corrected chi connectivity index (χ1v) is 13.1. The van der Waals surface area contributed by atoms with Gasteiger partial charge in [-0.2, -0.15) is 5.09 Å². The van der Waals surface area contributed by atoms with Crippen LogP contribution < -0.4 is 20.9 Å². The fourth-order valence-corrected chi connectivity index (χ4v) is 5.94. The molecule has 1 aliphatic carbocycles. The second-order valence-corrected chi connectivity index (χ2v) is 11.2. The minimum absolute atomic E-state index is 0.156. The number of ether oxygens (including phenoxy) is 2. The predicted molar refractivity (Wildman–Crippen MR) is 126 cm³/mol. The van der Waals surface area contributed by atoms with E-state index in [1.807, 2.05) is 0 Å². The van der Waals surface area contributed by atoms with Crippen LogP contribution in [0.25, 0.3) is 0 Å². The number of rotatable bonds is 9. The maximum absolute atomic E-state index is 15.6. The van der Waals surface area contributed by atoms with Crippen LogP contribution in [0.3, 0.4) is 0 Å². The number of nitrogens with zero attached hydrogens (tertiary/aromatic N) is 1. The normalized spacial score (nSPS) is 29.6. The zero-order valence-electron chi connectivity index (χ0n) is 20.3. The number of hydrogen-bond acceptors (Lipinski definition) is 8. The first-order chi connectivity index (χ1) is 16.8. The van der Waals surface area contributed by atoms with E-state index in [2.05, 4.69) is 10.1 Å². The summed E-state index contributed by atoms with van der Waals surface area (Å²) in [5, 5.41) is 2.60. The Bertz CT molecular complexity index is 1280. The zero-order valence-corrected chi connectivity index (χ0v) is 21.2. The average Bonchev–Trinajstić information content (AvgIpc) is 3.32. The van der Waals surface area contributed by atoms with Crippen LogP contribution in [0.1, 0.15) is 46.8 Å². The van der Waals surface area contributed by atoms with Crippen molar-refractivity contribution in [3.63, 3.8) is 0 Å². The Morgan fingerprint density at radius 3 is 2.58 bits per heavy atom. The van der Waals surface area contributed by atoms with Gasteiger partial charge >= 0.3 is 19.4 Å². The van der Waals surface area contributed by atoms with Crippen LogP contribution in [0, 0.1) is 0 Å². The third kappa shape index (κ3) is 5.62. The molecule has 6 atom stereocenters. The Morgan fingerprint density at radius 2 is 1.94 bits per heavy atom. The van der Waals surface area contributed by atoms with E-state index in [4.69, 9.17) is 18.5 Å². The molecule has 0 radical (unpaired) electrons. The fourth-order valence-electron chi connectivity index (χ4n) is 4.21. The van der Waals surface area contributed by atoms with Crippen LogP contribution in [0.5, 0.6) is 5.75 Å². The number of hydrogen-bond donors (Lipinski definition) is 2. The summed E-state index contributed by atoms with van der Waals surface area (Å²) < 4.78 is 52.9. The topological polar surface area (TPSA) is 138 Å². The van der Waals surface area contributed by atoms with E-state index < -0.39 is 54.6 Å². The predicted octanol–water partition coefficient (Wildman–Crippen LogP) is 2.83. The maximum atomic E-state index is 15.6. The molecule has 2 heterocycles. The van der Waals surface area contributed by atoms with Crippen molar-refractivity contribution in [2.45, 2.75) is 76.3 Å². The molecule has 1 unspecified atom stereocenters. The van der Waals surface area contributed by atoms with Gasteiger partial charge in [-0.25, -0.2) is 13.8 Å². The number of halogens is 1. The van der Waals surface area contributed by atoms with Gasteiger partial charge in [-0.3, -0.25) is 23.7 Å². The summed E-state index contributed by atoms with van der Waals surface area (Å²) in [7, 11) is -4.19. The Labute approximate surface area is 206 Å². The van der Waals surface area contributed by atoms with E-state index in [0.29, 0.717) is 0 Å². The molecular weight excluding hydrogens is 496 g/mol. The number of para-hydroxylation sites is 1. The quantitative estimate of drug-likeness (QED) is 0.374. The summed E-state index contributed by atoms with van der Waals surface area (Å²) in [5.74, 6) is -0.422. The molecule has 2 fully saturated rings. The lowest BCUT2D eigenvalue weighted by Crippen LogP contribution is -2.38. The third-order valence-corrected chi connectivity index (χ3v) is 7.55. The molecule has 13 heteroatoms. The van der Waals surface area contributed by atoms with Gasteiger partial charge in [-0.05, 0) is 39.8 Å². The van der Waals surface area contributed by atoms with Crippen LogP contribution >= 0.6 is 7.75 Å². The number of nitrogens with one attached hydrogen (secondary N) is 2. The summed E-state index contributed by atoms with van der Waals surface area (Å²) in [6.07, 6.45) is -1.39. The molecule has 2 aromatic rings. The van der Waals surface area contributed by atoms with Gasteiger partial charge in [0.15, 0.2) is 11.9 Å². The van der Waals surface area contributed by atoms with Gasteiger partial charge in [0, 0.05) is 25.1 Å². The van der Waals surface area contributed by atoms with Gasteiger partial charge in [0.05, 0.1) is 6.10 Å². The number of alkyl halides is 1. The number of carbonyl (C=O) groups is 1. The van der Waals surface area contributed by atoms with Crippen LogP contribution in [-0.4, -0.2) is 45.0 Å². The Balaban J connectivity index is 1.54. The number of H-pyrrole nitrogens is 1. The lowest BCUT2D eigenvalue weighted by Gasteiger charge is -2.24. The van der Waals surface area contributed by atoms with Crippen molar-refractivity contribution in [3.05, 3.63) is 63.4 Å². The van der Waals surface area contributed by atoms with E-state index in [1.165, 1.54) is 13.8 Å². The van der Waals surface area contributed by atoms with Crippen LogP contribution in [0.15, 0.2) is 52.2 Å². The van der Waals surface area contributed by atoms with E-state index in [9.17, 15) is 18.9 Å². The smallest absolute Gasteiger partial charge is 0.459 e. The fraction of sp³-hybridized carbons (Fsp3) is 0.522. The Morgan fingerprint density at radius 1 is 1.25 bits per heavy atom. The van der Waals surface area contributed by atoms with Crippen molar-refractivity contribution < 1.29 is 32.3 Å². The van der Waals surface area contributed by atoms with Crippen molar-refractivity contribution in [2.24, 2.45) is 0 Å². The molecule has 36 heavy (non-hydrogen) atoms. The molecular formula is C23H29FN3O8P. The van der Waals surface area contributed by atoms with Crippen LogP contribution in [0.4, 0.5) is 4.39 Å². The van der Waals surface area contributed by atoms with Crippen LogP contribution in [0.2, 0.25) is 0 Å². The highest BCUT2D eigenvalue weighted by Crippen LogP contribution is 2.63. The van der Waals surface area contributed by atoms with Crippen LogP contribution in [-0.2, 0) is 23.4 Å². The second kappa shape index (κ2) is 9.59. The molecule has 1 saturated heterocycles. The van der Waals surface area contributed by atoms with E-state index in [-0.39, 0.29) is 24.7 Å². The van der Waals surface area contributed by atoms with Gasteiger partial charge < -0.3 is 14.0 Å². The minimum atomic E-state index is -4.19. The van der Waals surface area contributed by atoms with Gasteiger partial charge in [0.1, 0.15) is 23.5 Å². The molecule has 11 nitrogen and oxygen atoms in total. The first-order valence-electron chi connectivity index (χ1n) is 11.5. The van der Waals surface area contributed by atoms with Crippen molar-refractivity contribution in [1.29, 1.82) is 0 Å². The summed E-state index contributed by atoms with van der Waals surface area (Å²) in [6.45, 7) is 6.11. The number of carbonyl (C=O) groups excluding carboxylic acids is 1. The maximum Gasteiger partial charge on any atom is 0.459 e. The zero-order chi connectivity index (χ0) is 26.3. The summed E-state index contributed by atoms with van der Waals surface area (Å²) in [6, 6.07) is 8.29. The Kier molecular flexibility index (Phi) is 7.00. The molecule has 2 aliphatic rings. The molecule has 1 spiro atoms. The molecule has 0 bridgehead atoms. The summed E-state index contributed by atoms with van der Waals surface area (Å²) in [4.78, 5) is 38.0. The lowest BCUT2D eigenvalue weighted by atomic mass is 10.0. The highest BCUT2D eigenvalue weighted by Gasteiger charge is 2.70. The number of esters is 1. The van der Waals surface area contributed by atoms with E-state index in [0.717, 1.165) is 16.8 Å². The highest BCUT2D eigenvalue weighted by molar-refractivity contribution is 7.52. The van der Waals surface area contributed by atoms with E-state index in [1.54, 1.807) is 44.2 Å². The SMILES string of the molecule is CC(C)OC(=O)[C@@H](C)N[P@@](=O)(Oc1ccccc1)O[C@H]1CC12C[C@@](C)(F)[C@H](n1ccc(=O)[nH]c1=O)O2. The minimum Gasteiger partial charge on any atom is -0.462 e. The van der Waals surface area contributed by atoms with Gasteiger partial charge in [0.2, 0.25) is 0 Å². The molecule has 1 aliphatic heterocycles. The molecule has 1 aromatic heterocycles. The lowest BCUT2D eigenvalue weighted by molar-refractivity contribution is -0.149. The van der Waals surface area contributed by atoms with Gasteiger partial charge in [0.25, 0.3) is 5.56 Å². The Hall–Kier alpha value is -2.79. The summed E-state index contributed by atoms with van der Waals surface area (Å²) in [5.41, 5.74) is -4.61. The molecule has 196 valence electrons. The molecule has 1 saturated carbocycles. The largest absolute Gasteiger partial charge is 0.462 e. The monoisotopic (exact) mass is 525 g/mol. The average molecular weight is 525 g/mol. The van der Waals surface area contributed by atoms with Gasteiger partial charge in [-0.1, -0.05) is 18.2 Å². The van der Waals surface area contributed by atoms with Crippen molar-refractivity contribution >= 4 is 13.7 Å². The standard InChI is InChI=1S/C23H29FN3O8P/c1-14(2)32-19(29)15(3)26-36(31,34-16-8-6-5-7-9-16)35-17-12-23(17)13-22(4,24)20(33-23)27-11-10-18(28)25-21(27)30/h5-11,14-15,17,20H,12-13H2,1-4H3,(H,26,31)(H,25,28,30)/t15-,17+,20-,22-,23?,36-/m1/s1. The number of aromatic nitrogens is 2. The molecule has 1 aromatic carbocycles. The van der Waals surface area contributed by atoms with E-state index >= 15 is 4.39 Å². The third-order valence-electron chi connectivity index (χ3n) is 5.86. The van der Waals surface area contributed by atoms with Gasteiger partial charge in [-0.15, -0.1) is 0 Å². The van der Waals surface area contributed by atoms with Crippen molar-refractivity contribution in [1.82, 2.24) is 14.6 Å². The molecule has 0 amide bonds. The highest BCUT2D eigenvalue weighted by atomic mass is 31.2. The second-order valence-electron chi connectivity index (χ2n) is 9.54.